The van der Waals surface area contributed by atoms with Crippen molar-refractivity contribution in [1.82, 2.24) is 0 Å². The second kappa shape index (κ2) is 6.20. The average molecular weight is 355 g/mol. The quantitative estimate of drug-likeness (QED) is 0.618. The van der Waals surface area contributed by atoms with Gasteiger partial charge in [-0.3, -0.25) is 0 Å². The van der Waals surface area contributed by atoms with Gasteiger partial charge in [-0.15, -0.1) is 0 Å². The molecule has 0 bridgehead atoms. The smallest absolute Gasteiger partial charge is 0.417 e. The largest absolute Gasteiger partial charge is 0.489 e. The minimum absolute atomic E-state index is 0.177. The van der Waals surface area contributed by atoms with Gasteiger partial charge in [-0.05, 0) is 29.8 Å². The molecule has 0 fully saturated rings. The van der Waals surface area contributed by atoms with E-state index < -0.39 is 17.4 Å². The summed E-state index contributed by atoms with van der Waals surface area (Å²) in [5.74, 6) is 0.292. The standard InChI is InChI=1S/C17H10ClF3O3/c18-11-3-1-10(2-4-11)9-23-12-5-6-13-14(17(19,20)21)8-16(22)24-15(13)7-12/h1-8H,9H2. The van der Waals surface area contributed by atoms with E-state index in [0.29, 0.717) is 16.8 Å². The van der Waals surface area contributed by atoms with Gasteiger partial charge in [-0.2, -0.15) is 13.2 Å². The molecule has 0 aliphatic carbocycles. The third kappa shape index (κ3) is 3.54. The third-order valence-corrected chi connectivity index (χ3v) is 3.59. The van der Waals surface area contributed by atoms with Gasteiger partial charge in [0.15, 0.2) is 0 Å². The first kappa shape index (κ1) is 16.4. The maximum atomic E-state index is 13.0. The molecule has 0 radical (unpaired) electrons. The lowest BCUT2D eigenvalue weighted by molar-refractivity contribution is -0.136. The normalized spacial score (nSPS) is 11.7. The fourth-order valence-corrected chi connectivity index (χ4v) is 2.34. The number of hydrogen-bond acceptors (Lipinski definition) is 3. The Morgan fingerprint density at radius 2 is 1.75 bits per heavy atom. The Bertz CT molecular complexity index is 930. The molecule has 3 nitrogen and oxygen atoms in total. The fourth-order valence-electron chi connectivity index (χ4n) is 2.21. The predicted octanol–water partition coefficient (Wildman–Crippen LogP) is 5.04. The number of fused-ring (bicyclic) bond motifs is 1. The van der Waals surface area contributed by atoms with Gasteiger partial charge in [0.05, 0.1) is 5.56 Å². The van der Waals surface area contributed by atoms with E-state index in [2.05, 4.69) is 0 Å². The van der Waals surface area contributed by atoms with Crippen LogP contribution in [0.4, 0.5) is 13.2 Å². The molecule has 0 spiro atoms. The van der Waals surface area contributed by atoms with E-state index in [1.807, 2.05) is 0 Å². The molecular weight excluding hydrogens is 345 g/mol. The number of halogens is 4. The van der Waals surface area contributed by atoms with Crippen LogP contribution in [0.2, 0.25) is 5.02 Å². The molecule has 0 unspecified atom stereocenters. The number of hydrogen-bond donors (Lipinski definition) is 0. The molecule has 0 amide bonds. The zero-order chi connectivity index (χ0) is 17.3. The van der Waals surface area contributed by atoms with Crippen molar-refractivity contribution in [2.45, 2.75) is 12.8 Å². The van der Waals surface area contributed by atoms with Crippen LogP contribution in [0.15, 0.2) is 57.7 Å². The molecule has 0 saturated heterocycles. The van der Waals surface area contributed by atoms with Crippen LogP contribution in [0.3, 0.4) is 0 Å². The van der Waals surface area contributed by atoms with Crippen LogP contribution in [-0.2, 0) is 12.8 Å². The summed E-state index contributed by atoms with van der Waals surface area (Å²) in [7, 11) is 0. The maximum Gasteiger partial charge on any atom is 0.417 e. The zero-order valence-corrected chi connectivity index (χ0v) is 12.8. The molecule has 0 atom stereocenters. The summed E-state index contributed by atoms with van der Waals surface area (Å²) in [6.45, 7) is 0.200. The van der Waals surface area contributed by atoms with Crippen LogP contribution >= 0.6 is 11.6 Å². The second-order valence-corrected chi connectivity index (χ2v) is 5.49. The van der Waals surface area contributed by atoms with Gasteiger partial charge in [0, 0.05) is 22.5 Å². The minimum Gasteiger partial charge on any atom is -0.489 e. The molecular formula is C17H10ClF3O3. The summed E-state index contributed by atoms with van der Waals surface area (Å²) in [6.07, 6.45) is -4.64. The number of benzene rings is 2. The van der Waals surface area contributed by atoms with Crippen LogP contribution in [0.25, 0.3) is 11.0 Å². The van der Waals surface area contributed by atoms with E-state index in [1.165, 1.54) is 18.2 Å². The van der Waals surface area contributed by atoms with Crippen molar-refractivity contribution in [3.63, 3.8) is 0 Å². The summed E-state index contributed by atoms with van der Waals surface area (Å²) >= 11 is 5.79. The molecule has 124 valence electrons. The van der Waals surface area contributed by atoms with Crippen molar-refractivity contribution < 1.29 is 22.3 Å². The van der Waals surface area contributed by atoms with Gasteiger partial charge in [-0.25, -0.2) is 4.79 Å². The Balaban J connectivity index is 1.91. The van der Waals surface area contributed by atoms with E-state index in [4.69, 9.17) is 20.8 Å². The van der Waals surface area contributed by atoms with E-state index in [0.717, 1.165) is 5.56 Å². The molecule has 0 saturated carbocycles. The Hall–Kier alpha value is -2.47. The summed E-state index contributed by atoms with van der Waals surface area (Å²) in [4.78, 5) is 11.4. The number of alkyl halides is 3. The van der Waals surface area contributed by atoms with Crippen molar-refractivity contribution in [1.29, 1.82) is 0 Å². The number of ether oxygens (including phenoxy) is 1. The highest BCUT2D eigenvalue weighted by Gasteiger charge is 2.33. The summed E-state index contributed by atoms with van der Waals surface area (Å²) < 4.78 is 49.3. The molecule has 0 aliphatic heterocycles. The predicted molar refractivity (Wildman–Crippen MR) is 83.3 cm³/mol. The Morgan fingerprint density at radius 3 is 2.42 bits per heavy atom. The monoisotopic (exact) mass is 354 g/mol. The first-order chi connectivity index (χ1) is 11.3. The summed E-state index contributed by atoms with van der Waals surface area (Å²) in [5.41, 5.74) is -1.43. The molecule has 7 heteroatoms. The molecule has 2 aromatic carbocycles. The summed E-state index contributed by atoms with van der Waals surface area (Å²) in [5, 5.41) is 0.395. The van der Waals surface area contributed by atoms with Crippen molar-refractivity contribution in [2.75, 3.05) is 0 Å². The molecule has 0 aliphatic rings. The minimum atomic E-state index is -4.64. The number of rotatable bonds is 3. The topological polar surface area (TPSA) is 39.4 Å². The Morgan fingerprint density at radius 1 is 1.04 bits per heavy atom. The van der Waals surface area contributed by atoms with Crippen molar-refractivity contribution in [3.05, 3.63) is 75.1 Å². The van der Waals surface area contributed by atoms with Crippen LogP contribution in [0, 0.1) is 0 Å². The molecule has 24 heavy (non-hydrogen) atoms. The van der Waals surface area contributed by atoms with E-state index in [-0.39, 0.29) is 17.6 Å². The van der Waals surface area contributed by atoms with Crippen molar-refractivity contribution in [3.8, 4) is 5.75 Å². The average Bonchev–Trinajstić information content (AvgIpc) is 2.52. The molecule has 1 aromatic heterocycles. The van der Waals surface area contributed by atoms with Gasteiger partial charge in [0.25, 0.3) is 0 Å². The van der Waals surface area contributed by atoms with E-state index in [1.54, 1.807) is 24.3 Å². The second-order valence-electron chi connectivity index (χ2n) is 5.05. The summed E-state index contributed by atoms with van der Waals surface area (Å²) in [6, 6.07) is 11.3. The lowest BCUT2D eigenvalue weighted by Gasteiger charge is -2.11. The Labute approximate surface area is 139 Å². The van der Waals surface area contributed by atoms with Gasteiger partial charge in [0.2, 0.25) is 0 Å². The van der Waals surface area contributed by atoms with Crippen LogP contribution in [-0.4, -0.2) is 0 Å². The van der Waals surface area contributed by atoms with E-state index >= 15 is 0 Å². The first-order valence-electron chi connectivity index (χ1n) is 6.85. The van der Waals surface area contributed by atoms with Gasteiger partial charge >= 0.3 is 11.8 Å². The lowest BCUT2D eigenvalue weighted by atomic mass is 10.1. The third-order valence-electron chi connectivity index (χ3n) is 3.34. The van der Waals surface area contributed by atoms with E-state index in [9.17, 15) is 18.0 Å². The van der Waals surface area contributed by atoms with Gasteiger partial charge in [-0.1, -0.05) is 23.7 Å². The van der Waals surface area contributed by atoms with Gasteiger partial charge in [0.1, 0.15) is 17.9 Å². The zero-order valence-electron chi connectivity index (χ0n) is 12.1. The highest BCUT2D eigenvalue weighted by Crippen LogP contribution is 2.34. The van der Waals surface area contributed by atoms with Crippen molar-refractivity contribution in [2.24, 2.45) is 0 Å². The Kier molecular flexibility index (Phi) is 4.24. The highest BCUT2D eigenvalue weighted by molar-refractivity contribution is 6.30. The SMILES string of the molecule is O=c1cc(C(F)(F)F)c2ccc(OCc3ccc(Cl)cc3)cc2o1. The fraction of sp³-hybridized carbons (Fsp3) is 0.118. The molecule has 0 N–H and O–H groups in total. The molecule has 3 rings (SSSR count). The maximum absolute atomic E-state index is 13.0. The highest BCUT2D eigenvalue weighted by atomic mass is 35.5. The van der Waals surface area contributed by atoms with Gasteiger partial charge < -0.3 is 9.15 Å². The van der Waals surface area contributed by atoms with Crippen LogP contribution in [0.1, 0.15) is 11.1 Å². The van der Waals surface area contributed by atoms with Crippen molar-refractivity contribution >= 4 is 22.6 Å². The molecule has 1 heterocycles. The first-order valence-corrected chi connectivity index (χ1v) is 7.23. The molecule has 3 aromatic rings. The lowest BCUT2D eigenvalue weighted by Crippen LogP contribution is -2.11. The van der Waals surface area contributed by atoms with Crippen LogP contribution < -0.4 is 10.4 Å². The van der Waals surface area contributed by atoms with Crippen LogP contribution in [0.5, 0.6) is 5.75 Å².